The minimum atomic E-state index is 0.0100. The first kappa shape index (κ1) is 13.4. The number of carbonyl (C=O) groups is 2. The van der Waals surface area contributed by atoms with Gasteiger partial charge in [0.05, 0.1) is 13.0 Å². The monoisotopic (exact) mass is 262 g/mol. The molecule has 1 heterocycles. The van der Waals surface area contributed by atoms with Crippen molar-refractivity contribution in [1.29, 1.82) is 0 Å². The van der Waals surface area contributed by atoms with E-state index in [9.17, 15) is 9.59 Å². The first-order valence-corrected chi connectivity index (χ1v) is 6.48. The molecule has 1 saturated heterocycles. The molecule has 2 amide bonds. The molecule has 19 heavy (non-hydrogen) atoms. The van der Waals surface area contributed by atoms with Gasteiger partial charge in [0, 0.05) is 26.1 Å². The molecule has 0 aromatic heterocycles. The molecule has 0 spiro atoms. The molecule has 0 atom stereocenters. The molecule has 0 bridgehead atoms. The van der Waals surface area contributed by atoms with Crippen LogP contribution >= 0.6 is 0 Å². The number of rotatable bonds is 4. The lowest BCUT2D eigenvalue weighted by molar-refractivity contribution is -0.131. The van der Waals surface area contributed by atoms with Gasteiger partial charge in [0.15, 0.2) is 0 Å². The molecule has 0 aliphatic carbocycles. The third-order valence-electron chi connectivity index (χ3n) is 2.99. The van der Waals surface area contributed by atoms with Crippen molar-refractivity contribution >= 4 is 11.8 Å². The Hall–Kier alpha value is -2.04. The van der Waals surface area contributed by atoms with Gasteiger partial charge in [-0.15, -0.1) is 0 Å². The highest BCUT2D eigenvalue weighted by Crippen LogP contribution is 2.09. The molecular formula is C14H18N2O3. The predicted molar refractivity (Wildman–Crippen MR) is 70.8 cm³/mol. The van der Waals surface area contributed by atoms with Gasteiger partial charge in [0.1, 0.15) is 5.75 Å². The van der Waals surface area contributed by atoms with Crippen LogP contribution in [0.15, 0.2) is 30.3 Å². The molecule has 2 rings (SSSR count). The Morgan fingerprint density at radius 1 is 1.26 bits per heavy atom. The van der Waals surface area contributed by atoms with Crippen LogP contribution in [0.1, 0.15) is 12.8 Å². The van der Waals surface area contributed by atoms with E-state index in [0.29, 0.717) is 39.1 Å². The summed E-state index contributed by atoms with van der Waals surface area (Å²) < 4.78 is 5.49. The number of ether oxygens (including phenoxy) is 1. The Bertz CT molecular complexity index is 434. The van der Waals surface area contributed by atoms with Crippen LogP contribution in [0.2, 0.25) is 0 Å². The van der Waals surface area contributed by atoms with Gasteiger partial charge in [-0.3, -0.25) is 9.59 Å². The summed E-state index contributed by atoms with van der Waals surface area (Å²) in [5, 5.41) is 2.75. The maximum Gasteiger partial charge on any atom is 0.226 e. The Balaban J connectivity index is 1.73. The highest BCUT2D eigenvalue weighted by Gasteiger charge is 2.17. The Morgan fingerprint density at radius 3 is 2.84 bits per heavy atom. The topological polar surface area (TPSA) is 58.6 Å². The van der Waals surface area contributed by atoms with Crippen molar-refractivity contribution < 1.29 is 14.3 Å². The predicted octanol–water partition coefficient (Wildman–Crippen LogP) is 0.804. The second-order valence-corrected chi connectivity index (χ2v) is 4.39. The van der Waals surface area contributed by atoms with E-state index < -0.39 is 0 Å². The molecule has 1 N–H and O–H groups in total. The third kappa shape index (κ3) is 4.28. The van der Waals surface area contributed by atoms with Gasteiger partial charge < -0.3 is 15.0 Å². The number of amides is 2. The number of hydrogen-bond donors (Lipinski definition) is 1. The summed E-state index contributed by atoms with van der Waals surface area (Å²) in [6.45, 7) is 1.97. The number of benzene rings is 1. The molecule has 1 aliphatic rings. The zero-order chi connectivity index (χ0) is 13.5. The smallest absolute Gasteiger partial charge is 0.226 e. The van der Waals surface area contributed by atoms with Crippen molar-refractivity contribution in [3.05, 3.63) is 30.3 Å². The fourth-order valence-electron chi connectivity index (χ4n) is 1.95. The Morgan fingerprint density at radius 2 is 2.05 bits per heavy atom. The van der Waals surface area contributed by atoms with E-state index in [-0.39, 0.29) is 11.8 Å². The van der Waals surface area contributed by atoms with E-state index in [0.717, 1.165) is 5.75 Å². The number of nitrogens with zero attached hydrogens (tertiary/aromatic N) is 1. The average molecular weight is 262 g/mol. The first-order valence-electron chi connectivity index (χ1n) is 6.48. The van der Waals surface area contributed by atoms with Gasteiger partial charge in [0.25, 0.3) is 0 Å². The lowest BCUT2D eigenvalue weighted by atomic mass is 10.3. The largest absolute Gasteiger partial charge is 0.493 e. The Kier molecular flexibility index (Phi) is 4.78. The normalized spacial score (nSPS) is 15.6. The number of hydrogen-bond acceptors (Lipinski definition) is 3. The van der Waals surface area contributed by atoms with Crippen molar-refractivity contribution in [1.82, 2.24) is 10.2 Å². The summed E-state index contributed by atoms with van der Waals surface area (Å²) in [5.41, 5.74) is 0. The molecule has 5 nitrogen and oxygen atoms in total. The summed E-state index contributed by atoms with van der Waals surface area (Å²) >= 11 is 0. The molecule has 5 heteroatoms. The molecule has 0 unspecified atom stereocenters. The van der Waals surface area contributed by atoms with Crippen LogP contribution in [0, 0.1) is 0 Å². The summed E-state index contributed by atoms with van der Waals surface area (Å²) in [4.78, 5) is 24.8. The maximum atomic E-state index is 12.0. The number of nitrogens with one attached hydrogen (secondary N) is 1. The fraction of sp³-hybridized carbons (Fsp3) is 0.429. The van der Waals surface area contributed by atoms with Crippen LogP contribution in [0.4, 0.5) is 0 Å². The fourth-order valence-corrected chi connectivity index (χ4v) is 1.95. The van der Waals surface area contributed by atoms with Crippen molar-refractivity contribution in [3.8, 4) is 5.75 Å². The van der Waals surface area contributed by atoms with E-state index in [2.05, 4.69) is 5.32 Å². The van der Waals surface area contributed by atoms with Crippen LogP contribution < -0.4 is 10.1 Å². The van der Waals surface area contributed by atoms with Crippen molar-refractivity contribution in [3.63, 3.8) is 0 Å². The summed E-state index contributed by atoms with van der Waals surface area (Å²) in [6, 6.07) is 9.42. The minimum absolute atomic E-state index is 0.0100. The van der Waals surface area contributed by atoms with Crippen molar-refractivity contribution in [2.24, 2.45) is 0 Å². The number of para-hydroxylation sites is 1. The van der Waals surface area contributed by atoms with Gasteiger partial charge in [-0.05, 0) is 12.1 Å². The van der Waals surface area contributed by atoms with E-state index in [1.807, 2.05) is 30.3 Å². The third-order valence-corrected chi connectivity index (χ3v) is 2.99. The van der Waals surface area contributed by atoms with Crippen LogP contribution in [-0.2, 0) is 9.59 Å². The molecule has 0 radical (unpaired) electrons. The van der Waals surface area contributed by atoms with Crippen LogP contribution in [0.5, 0.6) is 5.75 Å². The van der Waals surface area contributed by atoms with Crippen LogP contribution in [-0.4, -0.2) is 43.0 Å². The van der Waals surface area contributed by atoms with Gasteiger partial charge in [0.2, 0.25) is 11.8 Å². The van der Waals surface area contributed by atoms with Crippen LogP contribution in [0.3, 0.4) is 0 Å². The van der Waals surface area contributed by atoms with Gasteiger partial charge in [-0.2, -0.15) is 0 Å². The van der Waals surface area contributed by atoms with Crippen molar-refractivity contribution in [2.75, 3.05) is 26.2 Å². The highest BCUT2D eigenvalue weighted by molar-refractivity contribution is 5.80. The highest BCUT2D eigenvalue weighted by atomic mass is 16.5. The second kappa shape index (κ2) is 6.78. The van der Waals surface area contributed by atoms with E-state index in [1.165, 1.54) is 0 Å². The molecule has 1 aromatic rings. The Labute approximate surface area is 112 Å². The SMILES string of the molecule is O=C1CCN(C(=O)CCOc2ccccc2)CCN1. The van der Waals surface area contributed by atoms with E-state index in [1.54, 1.807) is 4.90 Å². The zero-order valence-corrected chi connectivity index (χ0v) is 10.8. The van der Waals surface area contributed by atoms with E-state index >= 15 is 0 Å². The molecule has 0 saturated carbocycles. The molecule has 1 aliphatic heterocycles. The van der Waals surface area contributed by atoms with Crippen LogP contribution in [0.25, 0.3) is 0 Å². The van der Waals surface area contributed by atoms with E-state index in [4.69, 9.17) is 4.74 Å². The van der Waals surface area contributed by atoms with Gasteiger partial charge >= 0.3 is 0 Å². The quantitative estimate of drug-likeness (QED) is 0.873. The molecule has 1 aromatic carbocycles. The second-order valence-electron chi connectivity index (χ2n) is 4.39. The maximum absolute atomic E-state index is 12.0. The minimum Gasteiger partial charge on any atom is -0.493 e. The van der Waals surface area contributed by atoms with Crippen molar-refractivity contribution in [2.45, 2.75) is 12.8 Å². The molecule has 102 valence electrons. The first-order chi connectivity index (χ1) is 9.25. The standard InChI is InChI=1S/C14H18N2O3/c17-13-6-9-16(10-8-15-13)14(18)7-11-19-12-4-2-1-3-5-12/h1-5H,6-11H2,(H,15,17). The molecular weight excluding hydrogens is 244 g/mol. The van der Waals surface area contributed by atoms with Gasteiger partial charge in [-0.1, -0.05) is 18.2 Å². The van der Waals surface area contributed by atoms with Gasteiger partial charge in [-0.25, -0.2) is 0 Å². The number of carbonyl (C=O) groups excluding carboxylic acids is 2. The lowest BCUT2D eigenvalue weighted by Crippen LogP contribution is -2.34. The summed E-state index contributed by atoms with van der Waals surface area (Å²) in [7, 11) is 0. The molecule has 1 fully saturated rings. The lowest BCUT2D eigenvalue weighted by Gasteiger charge is -2.19. The average Bonchev–Trinajstić information content (AvgIpc) is 2.65. The summed E-state index contributed by atoms with van der Waals surface area (Å²) in [6.07, 6.45) is 0.717. The summed E-state index contributed by atoms with van der Waals surface area (Å²) in [5.74, 6) is 0.811. The zero-order valence-electron chi connectivity index (χ0n) is 10.8.